The number of amides is 1. The maximum absolute atomic E-state index is 12.9. The lowest BCUT2D eigenvalue weighted by molar-refractivity contribution is 0.102. The number of nitrogens with one attached hydrogen (secondary N) is 1. The third kappa shape index (κ3) is 3.72. The third-order valence-corrected chi connectivity index (χ3v) is 4.14. The first kappa shape index (κ1) is 16.0. The molecule has 124 valence electrons. The fourth-order valence-corrected chi connectivity index (χ4v) is 2.82. The van der Waals surface area contributed by atoms with Gasteiger partial charge >= 0.3 is 0 Å². The average Bonchev–Trinajstić information content (AvgIpc) is 2.99. The summed E-state index contributed by atoms with van der Waals surface area (Å²) in [6.45, 7) is 0. The van der Waals surface area contributed by atoms with Gasteiger partial charge in [-0.15, -0.1) is 10.2 Å². The Bertz CT molecular complexity index is 940. The van der Waals surface area contributed by atoms with E-state index in [1.165, 1.54) is 46.4 Å². The molecule has 2 heterocycles. The molecule has 2 aromatic heterocycles. The molecule has 0 radical (unpaired) electrons. The Morgan fingerprint density at radius 1 is 1.25 bits per heavy atom. The predicted octanol–water partition coefficient (Wildman–Crippen LogP) is 2.46. The van der Waals surface area contributed by atoms with Crippen molar-refractivity contribution in [3.05, 3.63) is 74.9 Å². The summed E-state index contributed by atoms with van der Waals surface area (Å²) in [6, 6.07) is 8.92. The molecule has 6 nitrogen and oxygen atoms in total. The number of halogens is 1. The molecule has 3 aromatic rings. The van der Waals surface area contributed by atoms with E-state index < -0.39 is 0 Å². The lowest BCUT2D eigenvalue weighted by atomic mass is 10.2. The minimum absolute atomic E-state index is 0. The van der Waals surface area contributed by atoms with E-state index in [0.29, 0.717) is 22.1 Å². The Morgan fingerprint density at radius 3 is 2.71 bits per heavy atom. The van der Waals surface area contributed by atoms with Crippen molar-refractivity contribution in [3.8, 4) is 0 Å². The summed E-state index contributed by atoms with van der Waals surface area (Å²) in [6.07, 6.45) is 1.96. The smallest absolute Gasteiger partial charge is 0.258 e. The summed E-state index contributed by atoms with van der Waals surface area (Å²) in [5.41, 5.74) is 1.07. The van der Waals surface area contributed by atoms with E-state index >= 15 is 0 Å². The van der Waals surface area contributed by atoms with E-state index in [0.717, 1.165) is 5.56 Å². The molecule has 0 saturated carbocycles. The zero-order valence-corrected chi connectivity index (χ0v) is 13.5. The van der Waals surface area contributed by atoms with Crippen LogP contribution in [0.25, 0.3) is 0 Å². The van der Waals surface area contributed by atoms with Gasteiger partial charge in [0.2, 0.25) is 10.7 Å². The van der Waals surface area contributed by atoms with Crippen molar-refractivity contribution in [1.82, 2.24) is 14.8 Å². The maximum atomic E-state index is 12.9. The topological polar surface area (TPSA) is 76.9 Å². The monoisotopic (exact) mass is 346 g/mol. The number of carbonyl (C=O) groups excluding carboxylic acids is 1. The molecule has 0 spiro atoms. The van der Waals surface area contributed by atoms with E-state index in [9.17, 15) is 14.0 Å². The highest BCUT2D eigenvalue weighted by atomic mass is 32.1. The largest absolute Gasteiger partial charge is 0.318 e. The van der Waals surface area contributed by atoms with Crippen LogP contribution in [-0.2, 0) is 13.5 Å². The summed E-state index contributed by atoms with van der Waals surface area (Å²) in [7, 11) is 1.57. The second-order valence-corrected chi connectivity index (χ2v) is 6.19. The molecule has 0 aliphatic carbocycles. The van der Waals surface area contributed by atoms with Gasteiger partial charge in [0.05, 0.1) is 5.56 Å². The molecule has 8 heteroatoms. The molecule has 0 unspecified atom stereocenters. The number of anilines is 1. The van der Waals surface area contributed by atoms with Crippen LogP contribution in [0.3, 0.4) is 0 Å². The standard InChI is InChI=1S/C16H13FN4O2S.H2/c1-21-9-11(4-7-14(21)22)15(23)18-16-20-19-13(24-16)8-10-2-5-12(17)6-3-10;/h2-7,9H,8H2,1H3,(H,18,20,23);1H. The van der Waals surface area contributed by atoms with Crippen molar-refractivity contribution in [2.45, 2.75) is 6.42 Å². The summed E-state index contributed by atoms with van der Waals surface area (Å²) in [5.74, 6) is -0.656. The van der Waals surface area contributed by atoms with E-state index in [1.807, 2.05) is 0 Å². The number of rotatable bonds is 4. The lowest BCUT2D eigenvalue weighted by Crippen LogP contribution is -2.19. The van der Waals surface area contributed by atoms with Gasteiger partial charge in [-0.25, -0.2) is 4.39 Å². The Balaban J connectivity index is 0.00000225. The molecule has 24 heavy (non-hydrogen) atoms. The second-order valence-electron chi connectivity index (χ2n) is 5.13. The van der Waals surface area contributed by atoms with Gasteiger partial charge in [-0.05, 0) is 23.8 Å². The molecular formula is C16H15FN4O2S. The summed E-state index contributed by atoms with van der Waals surface area (Å²) >= 11 is 1.25. The van der Waals surface area contributed by atoms with Gasteiger partial charge in [0, 0.05) is 27.2 Å². The lowest BCUT2D eigenvalue weighted by Gasteiger charge is -2.02. The highest BCUT2D eigenvalue weighted by Crippen LogP contribution is 2.19. The van der Waals surface area contributed by atoms with Crippen LogP contribution in [0.1, 0.15) is 22.4 Å². The molecule has 0 aliphatic heterocycles. The molecule has 1 N–H and O–H groups in total. The highest BCUT2D eigenvalue weighted by Gasteiger charge is 2.11. The van der Waals surface area contributed by atoms with Gasteiger partial charge in [-0.2, -0.15) is 0 Å². The minimum Gasteiger partial charge on any atom is -0.318 e. The molecular weight excluding hydrogens is 331 g/mol. The van der Waals surface area contributed by atoms with Crippen molar-refractivity contribution in [3.63, 3.8) is 0 Å². The Labute approximate surface area is 142 Å². The normalized spacial score (nSPS) is 10.6. The number of nitrogens with zero attached hydrogens (tertiary/aromatic N) is 3. The number of benzene rings is 1. The Hall–Kier alpha value is -2.87. The number of pyridine rings is 1. The zero-order chi connectivity index (χ0) is 17.1. The number of aryl methyl sites for hydroxylation is 1. The van der Waals surface area contributed by atoms with Crippen molar-refractivity contribution in [2.24, 2.45) is 7.05 Å². The number of aromatic nitrogens is 3. The van der Waals surface area contributed by atoms with E-state index in [2.05, 4.69) is 15.5 Å². The molecule has 0 saturated heterocycles. The van der Waals surface area contributed by atoms with Crippen molar-refractivity contribution < 1.29 is 10.6 Å². The quantitative estimate of drug-likeness (QED) is 0.787. The van der Waals surface area contributed by atoms with Crippen LogP contribution in [0.15, 0.2) is 47.4 Å². The van der Waals surface area contributed by atoms with Crippen LogP contribution in [0.4, 0.5) is 9.52 Å². The van der Waals surface area contributed by atoms with Crippen LogP contribution < -0.4 is 10.9 Å². The number of hydrogen-bond donors (Lipinski definition) is 1. The molecule has 0 fully saturated rings. The van der Waals surface area contributed by atoms with Crippen LogP contribution in [-0.4, -0.2) is 20.7 Å². The first-order valence-electron chi connectivity index (χ1n) is 7.06. The van der Waals surface area contributed by atoms with Gasteiger partial charge in [-0.1, -0.05) is 23.5 Å². The second kappa shape index (κ2) is 6.71. The number of hydrogen-bond acceptors (Lipinski definition) is 5. The molecule has 1 aromatic carbocycles. The SMILES string of the molecule is Cn1cc(C(=O)Nc2nnc(Cc3ccc(F)cc3)s2)ccc1=O.[HH]. The van der Waals surface area contributed by atoms with Gasteiger partial charge in [0.15, 0.2) is 0 Å². The fourth-order valence-electron chi connectivity index (χ4n) is 2.05. The van der Waals surface area contributed by atoms with Crippen LogP contribution in [0.5, 0.6) is 0 Å². The van der Waals surface area contributed by atoms with Crippen molar-refractivity contribution >= 4 is 22.4 Å². The Morgan fingerprint density at radius 2 is 2.00 bits per heavy atom. The molecule has 3 rings (SSSR count). The molecule has 0 aliphatic rings. The maximum Gasteiger partial charge on any atom is 0.258 e. The van der Waals surface area contributed by atoms with E-state index in [4.69, 9.17) is 0 Å². The molecule has 0 bridgehead atoms. The van der Waals surface area contributed by atoms with Gasteiger partial charge < -0.3 is 4.57 Å². The van der Waals surface area contributed by atoms with Gasteiger partial charge in [0.1, 0.15) is 10.8 Å². The average molecular weight is 346 g/mol. The summed E-state index contributed by atoms with van der Waals surface area (Å²) in [5, 5.41) is 11.7. The summed E-state index contributed by atoms with van der Waals surface area (Å²) in [4.78, 5) is 23.5. The van der Waals surface area contributed by atoms with Gasteiger partial charge in [0.25, 0.3) is 5.91 Å². The Kier molecular flexibility index (Phi) is 4.48. The zero-order valence-electron chi connectivity index (χ0n) is 12.7. The fraction of sp³-hybridized carbons (Fsp3) is 0.125. The van der Waals surface area contributed by atoms with Gasteiger partial charge in [-0.3, -0.25) is 14.9 Å². The van der Waals surface area contributed by atoms with Crippen LogP contribution in [0.2, 0.25) is 0 Å². The first-order chi connectivity index (χ1) is 11.5. The van der Waals surface area contributed by atoms with Crippen molar-refractivity contribution in [2.75, 3.05) is 5.32 Å². The molecule has 0 atom stereocenters. The number of carbonyl (C=O) groups is 1. The predicted molar refractivity (Wildman–Crippen MR) is 90.9 cm³/mol. The van der Waals surface area contributed by atoms with Crippen LogP contribution in [0, 0.1) is 5.82 Å². The van der Waals surface area contributed by atoms with E-state index in [-0.39, 0.29) is 18.7 Å². The molecule has 1 amide bonds. The summed E-state index contributed by atoms with van der Waals surface area (Å²) < 4.78 is 14.2. The van der Waals surface area contributed by atoms with Crippen molar-refractivity contribution in [1.29, 1.82) is 0 Å². The minimum atomic E-state index is -0.366. The van der Waals surface area contributed by atoms with E-state index in [1.54, 1.807) is 19.2 Å². The third-order valence-electron chi connectivity index (χ3n) is 3.30. The van der Waals surface area contributed by atoms with Crippen LogP contribution >= 0.6 is 11.3 Å². The highest BCUT2D eigenvalue weighted by molar-refractivity contribution is 7.15. The first-order valence-corrected chi connectivity index (χ1v) is 7.88.